The number of hydrogen-bond acceptors (Lipinski definition) is 3. The van der Waals surface area contributed by atoms with E-state index in [4.69, 9.17) is 4.74 Å². The van der Waals surface area contributed by atoms with E-state index in [9.17, 15) is 0 Å². The highest BCUT2D eigenvalue weighted by Crippen LogP contribution is 2.33. The molecule has 1 fully saturated rings. The van der Waals surface area contributed by atoms with Crippen molar-refractivity contribution in [2.24, 2.45) is 5.92 Å². The Balaban J connectivity index is 1.41. The molecule has 25 heavy (non-hydrogen) atoms. The second-order valence-corrected chi connectivity index (χ2v) is 7.75. The van der Waals surface area contributed by atoms with Crippen LogP contribution >= 0.6 is 0 Å². The van der Waals surface area contributed by atoms with Gasteiger partial charge in [-0.15, -0.1) is 0 Å². The lowest BCUT2D eigenvalue weighted by Crippen LogP contribution is -2.25. The smallest absolute Gasteiger partial charge is 0.122 e. The first kappa shape index (κ1) is 16.6. The van der Waals surface area contributed by atoms with E-state index in [0.717, 1.165) is 36.1 Å². The van der Waals surface area contributed by atoms with E-state index < -0.39 is 0 Å². The first-order chi connectivity index (χ1) is 12.1. The van der Waals surface area contributed by atoms with E-state index in [-0.39, 0.29) is 0 Å². The topological polar surface area (TPSA) is 25.4 Å². The molecule has 0 N–H and O–H groups in total. The van der Waals surface area contributed by atoms with E-state index in [1.165, 1.54) is 42.6 Å². The molecule has 0 saturated carbocycles. The summed E-state index contributed by atoms with van der Waals surface area (Å²) in [6, 6.07) is 11.8. The molecular formula is C22H28N2O. The number of ether oxygens (including phenoxy) is 1. The quantitative estimate of drug-likeness (QED) is 0.834. The number of likely N-dealkylation sites (tertiary alicyclic amines) is 1. The molecule has 1 saturated heterocycles. The van der Waals surface area contributed by atoms with Crippen LogP contribution in [-0.2, 0) is 12.8 Å². The molecule has 3 heteroatoms. The predicted molar refractivity (Wildman–Crippen MR) is 101 cm³/mol. The summed E-state index contributed by atoms with van der Waals surface area (Å²) in [6.45, 7) is 9.72. The van der Waals surface area contributed by atoms with Gasteiger partial charge in [0.15, 0.2) is 0 Å². The van der Waals surface area contributed by atoms with Crippen molar-refractivity contribution >= 4 is 0 Å². The van der Waals surface area contributed by atoms with E-state index >= 15 is 0 Å². The van der Waals surface area contributed by atoms with Gasteiger partial charge in [-0.1, -0.05) is 12.1 Å². The molecule has 0 radical (unpaired) electrons. The zero-order valence-corrected chi connectivity index (χ0v) is 15.6. The molecule has 1 aromatic carbocycles. The lowest BCUT2D eigenvalue weighted by Gasteiger charge is -2.25. The van der Waals surface area contributed by atoms with Gasteiger partial charge in [0, 0.05) is 30.4 Å². The molecule has 3 heterocycles. The first-order valence-electron chi connectivity index (χ1n) is 9.52. The Labute approximate surface area is 151 Å². The number of pyridine rings is 1. The van der Waals surface area contributed by atoms with Crippen LogP contribution in [0.2, 0.25) is 0 Å². The average molecular weight is 336 g/mol. The summed E-state index contributed by atoms with van der Waals surface area (Å²) in [4.78, 5) is 7.13. The third-order valence-electron chi connectivity index (χ3n) is 5.73. The van der Waals surface area contributed by atoms with Crippen LogP contribution in [-0.4, -0.2) is 29.6 Å². The van der Waals surface area contributed by atoms with E-state index in [1.54, 1.807) is 0 Å². The van der Waals surface area contributed by atoms with Crippen molar-refractivity contribution < 1.29 is 4.74 Å². The molecule has 3 nitrogen and oxygen atoms in total. The Bertz CT molecular complexity index is 750. The van der Waals surface area contributed by atoms with Crippen molar-refractivity contribution in [2.45, 2.75) is 46.1 Å². The fraction of sp³-hybridized carbons (Fsp3) is 0.500. The number of hydrogen-bond donors (Lipinski definition) is 0. The van der Waals surface area contributed by atoms with Crippen LogP contribution in [0, 0.1) is 19.8 Å². The van der Waals surface area contributed by atoms with Crippen molar-refractivity contribution in [1.82, 2.24) is 9.88 Å². The molecule has 0 bridgehead atoms. The zero-order valence-electron chi connectivity index (χ0n) is 15.6. The molecule has 0 spiro atoms. The molecule has 4 rings (SSSR count). The fourth-order valence-corrected chi connectivity index (χ4v) is 4.41. The maximum atomic E-state index is 5.75. The van der Waals surface area contributed by atoms with Gasteiger partial charge in [0.25, 0.3) is 0 Å². The molecule has 2 aliphatic rings. The van der Waals surface area contributed by atoms with E-state index in [1.807, 2.05) is 0 Å². The molecular weight excluding hydrogens is 308 g/mol. The predicted octanol–water partition coefficient (Wildman–Crippen LogP) is 4.26. The summed E-state index contributed by atoms with van der Waals surface area (Å²) in [6.07, 6.45) is 3.51. The number of fused-ring (bicyclic) bond motifs is 1. The molecule has 132 valence electrons. The summed E-state index contributed by atoms with van der Waals surface area (Å²) >= 11 is 0. The molecule has 2 aromatic rings. The number of nitrogens with zero attached hydrogens (tertiary/aromatic N) is 2. The van der Waals surface area contributed by atoms with Crippen LogP contribution in [0.5, 0.6) is 5.75 Å². The van der Waals surface area contributed by atoms with Crippen LogP contribution in [0.25, 0.3) is 0 Å². The number of rotatable bonds is 4. The van der Waals surface area contributed by atoms with Crippen LogP contribution in [0.3, 0.4) is 0 Å². The first-order valence-corrected chi connectivity index (χ1v) is 9.52. The summed E-state index contributed by atoms with van der Waals surface area (Å²) in [5, 5.41) is 0. The lowest BCUT2D eigenvalue weighted by atomic mass is 9.98. The maximum Gasteiger partial charge on any atom is 0.122 e. The van der Waals surface area contributed by atoms with Crippen molar-refractivity contribution in [1.29, 1.82) is 0 Å². The summed E-state index contributed by atoms with van der Waals surface area (Å²) < 4.78 is 5.75. The minimum Gasteiger partial charge on any atom is -0.493 e. The Kier molecular flexibility index (Phi) is 4.51. The Morgan fingerprint density at radius 2 is 2.00 bits per heavy atom. The number of aryl methyl sites for hydroxylation is 2. The van der Waals surface area contributed by atoms with Crippen molar-refractivity contribution in [3.05, 3.63) is 58.4 Å². The highest BCUT2D eigenvalue weighted by molar-refractivity contribution is 5.41. The third-order valence-corrected chi connectivity index (χ3v) is 5.73. The van der Waals surface area contributed by atoms with Crippen molar-refractivity contribution in [3.63, 3.8) is 0 Å². The molecule has 0 amide bonds. The molecule has 0 unspecified atom stereocenters. The largest absolute Gasteiger partial charge is 0.493 e. The normalized spacial score (nSPS) is 21.2. The van der Waals surface area contributed by atoms with Crippen molar-refractivity contribution in [3.8, 4) is 5.75 Å². The van der Waals surface area contributed by atoms with Gasteiger partial charge in [0.2, 0.25) is 0 Å². The van der Waals surface area contributed by atoms with Gasteiger partial charge < -0.3 is 4.74 Å². The highest BCUT2D eigenvalue weighted by atomic mass is 16.5. The summed E-state index contributed by atoms with van der Waals surface area (Å²) in [5.41, 5.74) is 6.46. The van der Waals surface area contributed by atoms with Gasteiger partial charge in [0.05, 0.1) is 6.61 Å². The van der Waals surface area contributed by atoms with E-state index in [2.05, 4.69) is 61.0 Å². The third kappa shape index (κ3) is 3.57. The molecule has 1 aromatic heterocycles. The fourth-order valence-electron chi connectivity index (χ4n) is 4.41. The second-order valence-electron chi connectivity index (χ2n) is 7.75. The zero-order chi connectivity index (χ0) is 17.4. The van der Waals surface area contributed by atoms with Gasteiger partial charge in [0.1, 0.15) is 5.75 Å². The maximum absolute atomic E-state index is 5.75. The minimum atomic E-state index is 0.459. The van der Waals surface area contributed by atoms with Crippen molar-refractivity contribution in [2.75, 3.05) is 19.7 Å². The summed E-state index contributed by atoms with van der Waals surface area (Å²) in [7, 11) is 0. The monoisotopic (exact) mass is 336 g/mol. The molecule has 2 atom stereocenters. The number of benzene rings is 1. The summed E-state index contributed by atoms with van der Waals surface area (Å²) in [5.74, 6) is 1.84. The van der Waals surface area contributed by atoms with Gasteiger partial charge in [-0.3, -0.25) is 9.88 Å². The van der Waals surface area contributed by atoms with E-state index in [0.29, 0.717) is 6.04 Å². The molecule has 0 aliphatic carbocycles. The lowest BCUT2D eigenvalue weighted by molar-refractivity contribution is 0.252. The van der Waals surface area contributed by atoms with Gasteiger partial charge in [-0.2, -0.15) is 0 Å². The molecule has 2 aliphatic heterocycles. The van der Waals surface area contributed by atoms with Crippen LogP contribution < -0.4 is 4.74 Å². The standard InChI is InChI=1S/C22H28N2O/c1-15-10-19(11-16(2)23-15)12-18-6-8-24(14-18)17(3)21-5-4-20-7-9-25-22(20)13-21/h4-5,10-11,13,17-18H,6-9,12,14H2,1-3H3/t17-,18+/m0/s1. The Morgan fingerprint density at radius 3 is 2.80 bits per heavy atom. The highest BCUT2D eigenvalue weighted by Gasteiger charge is 2.27. The average Bonchev–Trinajstić information content (AvgIpc) is 3.21. The van der Waals surface area contributed by atoms with Gasteiger partial charge >= 0.3 is 0 Å². The second kappa shape index (κ2) is 6.80. The van der Waals surface area contributed by atoms with Crippen LogP contribution in [0.15, 0.2) is 30.3 Å². The SMILES string of the molecule is Cc1cc(C[C@H]2CCN([C@@H](C)c3ccc4c(c3)OCC4)C2)cc(C)n1. The number of aromatic nitrogens is 1. The van der Waals surface area contributed by atoms with Crippen LogP contribution in [0.4, 0.5) is 0 Å². The van der Waals surface area contributed by atoms with Gasteiger partial charge in [-0.05, 0) is 81.0 Å². The Hall–Kier alpha value is -1.87. The van der Waals surface area contributed by atoms with Gasteiger partial charge in [-0.25, -0.2) is 0 Å². The minimum absolute atomic E-state index is 0.459. The Morgan fingerprint density at radius 1 is 1.20 bits per heavy atom. The van der Waals surface area contributed by atoms with Crippen LogP contribution in [0.1, 0.15) is 47.5 Å².